The van der Waals surface area contributed by atoms with Crippen LogP contribution < -0.4 is 0 Å². The maximum atomic E-state index is 11.7. The molecule has 0 radical (unpaired) electrons. The van der Waals surface area contributed by atoms with Crippen molar-refractivity contribution in [3.63, 3.8) is 0 Å². The average molecular weight is 201 g/mol. The fourth-order valence-corrected chi connectivity index (χ4v) is 4.55. The van der Waals surface area contributed by atoms with Crippen LogP contribution in [0.15, 0.2) is 0 Å². The lowest BCUT2D eigenvalue weighted by atomic mass is 9.99. The molecular weight excluding hydrogens is 184 g/mol. The summed E-state index contributed by atoms with van der Waals surface area (Å²) in [6, 6.07) is 0. The lowest BCUT2D eigenvalue weighted by Crippen LogP contribution is -2.41. The van der Waals surface area contributed by atoms with E-state index in [-0.39, 0.29) is 0 Å². The number of Topliss-reactive ketones (excluding diaryl/α,β-unsaturated/α-hetero) is 1. The lowest BCUT2D eigenvalue weighted by molar-refractivity contribution is -0.119. The van der Waals surface area contributed by atoms with Crippen LogP contribution in [0.1, 0.15) is 25.7 Å². The number of hydrogen-bond acceptors (Lipinski definition) is 2. The largest absolute Gasteiger partial charge is 0.372 e. The van der Waals surface area contributed by atoms with E-state index in [9.17, 15) is 4.79 Å². The minimum Gasteiger partial charge on any atom is -0.372 e. The molecule has 2 rings (SSSR count). The number of rotatable bonds is 1. The third kappa shape index (κ3) is 2.26. The highest BCUT2D eigenvalue weighted by molar-refractivity contribution is 7.98. The third-order valence-electron chi connectivity index (χ3n) is 2.88. The van der Waals surface area contributed by atoms with E-state index >= 15 is 0 Å². The summed E-state index contributed by atoms with van der Waals surface area (Å²) in [4.78, 5) is 11.7. The monoisotopic (exact) mass is 201 g/mol. The number of ether oxygens (including phenoxy) is 1. The molecule has 1 aliphatic heterocycles. The van der Waals surface area contributed by atoms with E-state index in [4.69, 9.17) is 4.74 Å². The molecule has 0 aromatic rings. The lowest BCUT2D eigenvalue weighted by Gasteiger charge is -2.24. The van der Waals surface area contributed by atoms with Crippen LogP contribution in [0.5, 0.6) is 0 Å². The summed E-state index contributed by atoms with van der Waals surface area (Å²) in [7, 11) is 0.364. The summed E-state index contributed by atoms with van der Waals surface area (Å²) >= 11 is 0. The molecule has 13 heavy (non-hydrogen) atoms. The van der Waals surface area contributed by atoms with Gasteiger partial charge in [0.2, 0.25) is 0 Å². The first-order chi connectivity index (χ1) is 6.38. The van der Waals surface area contributed by atoms with Crippen LogP contribution in [0, 0.1) is 0 Å². The van der Waals surface area contributed by atoms with E-state index < -0.39 is 0 Å². The Morgan fingerprint density at radius 1 is 1.23 bits per heavy atom. The van der Waals surface area contributed by atoms with Crippen LogP contribution in [-0.2, 0) is 20.4 Å². The molecule has 2 aliphatic rings. The average Bonchev–Trinajstić information content (AvgIpc) is 2.20. The van der Waals surface area contributed by atoms with Crippen LogP contribution in [0.2, 0.25) is 0 Å². The Labute approximate surface area is 82.4 Å². The van der Waals surface area contributed by atoms with Gasteiger partial charge in [-0.1, -0.05) is 0 Å². The van der Waals surface area contributed by atoms with E-state index in [1.54, 1.807) is 0 Å². The van der Waals surface area contributed by atoms with Gasteiger partial charge in [0.25, 0.3) is 0 Å². The standard InChI is InChI=1S/C10H17O2S/c11-9-3-1-2-4-10(9)13-7-5-12-6-8-13/h10H,1-8H2/q+1. The number of hydrogen-bond donors (Lipinski definition) is 0. The quantitative estimate of drug-likeness (QED) is 0.595. The topological polar surface area (TPSA) is 26.3 Å². The van der Waals surface area contributed by atoms with Gasteiger partial charge < -0.3 is 4.74 Å². The highest BCUT2D eigenvalue weighted by atomic mass is 32.2. The van der Waals surface area contributed by atoms with Crippen LogP contribution in [0.3, 0.4) is 0 Å². The Kier molecular flexibility index (Phi) is 3.28. The highest BCUT2D eigenvalue weighted by Gasteiger charge is 2.38. The summed E-state index contributed by atoms with van der Waals surface area (Å²) in [5, 5.41) is 0.414. The molecule has 1 saturated heterocycles. The molecule has 0 N–H and O–H groups in total. The van der Waals surface area contributed by atoms with Gasteiger partial charge in [0.05, 0.1) is 13.2 Å². The molecule has 1 atom stereocenters. The van der Waals surface area contributed by atoms with Crippen molar-refractivity contribution in [2.45, 2.75) is 30.9 Å². The number of carbonyl (C=O) groups is 1. The van der Waals surface area contributed by atoms with Crippen LogP contribution in [-0.4, -0.2) is 35.8 Å². The first kappa shape index (κ1) is 9.53. The summed E-state index contributed by atoms with van der Waals surface area (Å²) in [5.41, 5.74) is 0. The van der Waals surface area contributed by atoms with E-state index in [1.807, 2.05) is 0 Å². The Morgan fingerprint density at radius 3 is 2.69 bits per heavy atom. The van der Waals surface area contributed by atoms with Crippen molar-refractivity contribution in [3.05, 3.63) is 0 Å². The smallest absolute Gasteiger partial charge is 0.184 e. The van der Waals surface area contributed by atoms with Gasteiger partial charge in [-0.25, -0.2) is 0 Å². The molecule has 2 fully saturated rings. The van der Waals surface area contributed by atoms with Gasteiger partial charge in [0.1, 0.15) is 11.5 Å². The van der Waals surface area contributed by atoms with Gasteiger partial charge in [-0.3, -0.25) is 4.79 Å². The second kappa shape index (κ2) is 4.47. The maximum absolute atomic E-state index is 11.7. The zero-order valence-electron chi connectivity index (χ0n) is 7.96. The van der Waals surface area contributed by atoms with Crippen molar-refractivity contribution < 1.29 is 9.53 Å². The SMILES string of the molecule is O=C1CCCCC1[S+]1CCOCC1. The van der Waals surface area contributed by atoms with E-state index in [0.29, 0.717) is 21.9 Å². The maximum Gasteiger partial charge on any atom is 0.184 e. The molecule has 0 spiro atoms. The van der Waals surface area contributed by atoms with E-state index in [2.05, 4.69) is 0 Å². The molecule has 1 aliphatic carbocycles. The first-order valence-corrected chi connectivity index (χ1v) is 6.77. The van der Waals surface area contributed by atoms with Gasteiger partial charge in [0.15, 0.2) is 11.0 Å². The molecule has 0 amide bonds. The molecule has 1 saturated carbocycles. The van der Waals surface area contributed by atoms with Gasteiger partial charge in [0, 0.05) is 23.7 Å². The summed E-state index contributed by atoms with van der Waals surface area (Å²) in [5.74, 6) is 2.81. The number of ketones is 1. The van der Waals surface area contributed by atoms with Crippen molar-refractivity contribution in [2.24, 2.45) is 0 Å². The minimum absolute atomic E-state index is 0.364. The molecule has 0 aromatic heterocycles. The zero-order valence-corrected chi connectivity index (χ0v) is 8.78. The third-order valence-corrected chi connectivity index (χ3v) is 5.57. The molecule has 2 nitrogen and oxygen atoms in total. The predicted molar refractivity (Wildman–Crippen MR) is 55.2 cm³/mol. The van der Waals surface area contributed by atoms with E-state index in [1.165, 1.54) is 6.42 Å². The summed E-state index contributed by atoms with van der Waals surface area (Å²) in [6.45, 7) is 1.76. The molecule has 74 valence electrons. The first-order valence-electron chi connectivity index (χ1n) is 5.15. The minimum atomic E-state index is 0.364. The van der Waals surface area contributed by atoms with Crippen LogP contribution >= 0.6 is 0 Å². The second-order valence-corrected chi connectivity index (χ2v) is 6.22. The molecule has 0 bridgehead atoms. The van der Waals surface area contributed by atoms with Crippen molar-refractivity contribution in [2.75, 3.05) is 24.7 Å². The summed E-state index contributed by atoms with van der Waals surface area (Å²) in [6.07, 6.45) is 4.39. The fraction of sp³-hybridized carbons (Fsp3) is 0.900. The molecular formula is C10H17O2S+. The Hall–Kier alpha value is -0.0200. The van der Waals surface area contributed by atoms with Crippen LogP contribution in [0.25, 0.3) is 0 Å². The van der Waals surface area contributed by atoms with Crippen LogP contribution in [0.4, 0.5) is 0 Å². The molecule has 3 heteroatoms. The van der Waals surface area contributed by atoms with Crippen molar-refractivity contribution >= 4 is 16.7 Å². The van der Waals surface area contributed by atoms with Gasteiger partial charge in [-0.05, 0) is 12.8 Å². The van der Waals surface area contributed by atoms with Gasteiger partial charge >= 0.3 is 0 Å². The fourth-order valence-electron chi connectivity index (χ4n) is 2.12. The number of carbonyl (C=O) groups excluding carboxylic acids is 1. The zero-order chi connectivity index (χ0) is 9.10. The van der Waals surface area contributed by atoms with Crippen molar-refractivity contribution in [1.29, 1.82) is 0 Å². The predicted octanol–water partition coefficient (Wildman–Crippen LogP) is 1.15. The molecule has 1 heterocycles. The van der Waals surface area contributed by atoms with Gasteiger partial charge in [-0.15, -0.1) is 0 Å². The highest BCUT2D eigenvalue weighted by Crippen LogP contribution is 2.24. The molecule has 0 aromatic carbocycles. The summed E-state index contributed by atoms with van der Waals surface area (Å²) < 4.78 is 5.32. The Balaban J connectivity index is 1.92. The Morgan fingerprint density at radius 2 is 2.00 bits per heavy atom. The van der Waals surface area contributed by atoms with Crippen molar-refractivity contribution in [1.82, 2.24) is 0 Å². The van der Waals surface area contributed by atoms with E-state index in [0.717, 1.165) is 44.0 Å². The normalized spacial score (nSPS) is 32.0. The van der Waals surface area contributed by atoms with Crippen molar-refractivity contribution in [3.8, 4) is 0 Å². The molecule has 1 unspecified atom stereocenters. The second-order valence-electron chi connectivity index (χ2n) is 3.76. The van der Waals surface area contributed by atoms with Gasteiger partial charge in [-0.2, -0.15) is 0 Å². The Bertz CT molecular complexity index is 187.